The fourth-order valence-corrected chi connectivity index (χ4v) is 4.42. The van der Waals surface area contributed by atoms with E-state index in [2.05, 4.69) is 10.2 Å². The first-order valence-corrected chi connectivity index (χ1v) is 8.95. The second-order valence-electron chi connectivity index (χ2n) is 7.34. The topological polar surface area (TPSA) is 66.1 Å². The lowest BCUT2D eigenvalue weighted by Crippen LogP contribution is -2.33. The van der Waals surface area contributed by atoms with Crippen LogP contribution < -0.4 is 5.56 Å². The SMILES string of the molecule is O=C(c1n[nH]c(=O)c2ccccc12)N1CCC2(CCCCCC2)C1. The Balaban J connectivity index is 1.63. The van der Waals surface area contributed by atoms with Gasteiger partial charge in [-0.3, -0.25) is 9.59 Å². The zero-order valence-corrected chi connectivity index (χ0v) is 13.9. The molecule has 5 heteroatoms. The number of likely N-dealkylation sites (tertiary alicyclic amines) is 1. The van der Waals surface area contributed by atoms with Gasteiger partial charge in [0.05, 0.1) is 5.39 Å². The van der Waals surface area contributed by atoms with Crippen molar-refractivity contribution in [1.29, 1.82) is 0 Å². The van der Waals surface area contributed by atoms with E-state index in [-0.39, 0.29) is 11.5 Å². The van der Waals surface area contributed by atoms with Crippen LogP contribution in [0.15, 0.2) is 29.1 Å². The molecule has 1 aromatic carbocycles. The van der Waals surface area contributed by atoms with Gasteiger partial charge in [-0.05, 0) is 30.7 Å². The van der Waals surface area contributed by atoms with Gasteiger partial charge in [0, 0.05) is 18.5 Å². The Labute approximate surface area is 141 Å². The third kappa shape index (κ3) is 2.62. The first-order chi connectivity index (χ1) is 11.7. The molecule has 4 rings (SSSR count). The quantitative estimate of drug-likeness (QED) is 0.876. The molecular weight excluding hydrogens is 302 g/mol. The number of benzene rings is 1. The molecule has 1 amide bonds. The maximum Gasteiger partial charge on any atom is 0.274 e. The van der Waals surface area contributed by atoms with Crippen molar-refractivity contribution < 1.29 is 4.79 Å². The Morgan fingerprint density at radius 1 is 1.04 bits per heavy atom. The summed E-state index contributed by atoms with van der Waals surface area (Å²) in [5.74, 6) is -0.0522. The summed E-state index contributed by atoms with van der Waals surface area (Å²) in [5, 5.41) is 7.72. The molecule has 0 bridgehead atoms. The van der Waals surface area contributed by atoms with E-state index in [1.165, 1.54) is 38.5 Å². The van der Waals surface area contributed by atoms with Crippen molar-refractivity contribution in [3.63, 3.8) is 0 Å². The Kier molecular flexibility index (Phi) is 3.87. The lowest BCUT2D eigenvalue weighted by atomic mass is 9.80. The van der Waals surface area contributed by atoms with Crippen molar-refractivity contribution in [3.05, 3.63) is 40.3 Å². The van der Waals surface area contributed by atoms with Crippen molar-refractivity contribution in [2.24, 2.45) is 5.41 Å². The zero-order chi connectivity index (χ0) is 16.6. The minimum Gasteiger partial charge on any atom is -0.337 e. The van der Waals surface area contributed by atoms with E-state index in [0.29, 0.717) is 21.9 Å². The maximum atomic E-state index is 13.0. The van der Waals surface area contributed by atoms with Crippen LogP contribution in [-0.4, -0.2) is 34.1 Å². The van der Waals surface area contributed by atoms with Gasteiger partial charge in [-0.2, -0.15) is 5.10 Å². The Morgan fingerprint density at radius 3 is 2.50 bits per heavy atom. The first-order valence-electron chi connectivity index (χ1n) is 8.95. The smallest absolute Gasteiger partial charge is 0.274 e. The average Bonchev–Trinajstić information content (AvgIpc) is 2.88. The fourth-order valence-electron chi connectivity index (χ4n) is 4.42. The van der Waals surface area contributed by atoms with Gasteiger partial charge in [0.1, 0.15) is 0 Å². The number of aromatic amines is 1. The molecule has 2 fully saturated rings. The number of hydrogen-bond acceptors (Lipinski definition) is 3. The van der Waals surface area contributed by atoms with Crippen LogP contribution in [0.1, 0.15) is 55.4 Å². The number of H-pyrrole nitrogens is 1. The predicted octanol–water partition coefficient (Wildman–Crippen LogP) is 3.11. The highest BCUT2D eigenvalue weighted by atomic mass is 16.2. The fraction of sp³-hybridized carbons (Fsp3) is 0.526. The highest BCUT2D eigenvalue weighted by Gasteiger charge is 2.40. The maximum absolute atomic E-state index is 13.0. The van der Waals surface area contributed by atoms with Crippen molar-refractivity contribution >= 4 is 16.7 Å². The molecule has 2 heterocycles. The number of amides is 1. The normalized spacial score (nSPS) is 20.4. The standard InChI is InChI=1S/C19H23N3O2/c23-17-15-8-4-3-7-14(15)16(20-21-17)18(24)22-12-11-19(13-22)9-5-1-2-6-10-19/h3-4,7-8H,1-2,5-6,9-13H2,(H,21,23). The lowest BCUT2D eigenvalue weighted by Gasteiger charge is -2.27. The summed E-state index contributed by atoms with van der Waals surface area (Å²) in [5.41, 5.74) is 0.434. The van der Waals surface area contributed by atoms with Crippen molar-refractivity contribution in [3.8, 4) is 0 Å². The van der Waals surface area contributed by atoms with Gasteiger partial charge >= 0.3 is 0 Å². The summed E-state index contributed by atoms with van der Waals surface area (Å²) in [6.07, 6.45) is 8.76. The Morgan fingerprint density at radius 2 is 1.75 bits per heavy atom. The van der Waals surface area contributed by atoms with Crippen LogP contribution in [0.2, 0.25) is 0 Å². The Hall–Kier alpha value is -2.17. The second-order valence-corrected chi connectivity index (χ2v) is 7.34. The van der Waals surface area contributed by atoms with Gasteiger partial charge in [-0.25, -0.2) is 5.10 Å². The number of rotatable bonds is 1. The molecule has 0 atom stereocenters. The number of nitrogens with one attached hydrogen (secondary N) is 1. The number of carbonyl (C=O) groups is 1. The monoisotopic (exact) mass is 325 g/mol. The first kappa shape index (κ1) is 15.4. The lowest BCUT2D eigenvalue weighted by molar-refractivity contribution is 0.0762. The van der Waals surface area contributed by atoms with Crippen molar-refractivity contribution in [2.45, 2.75) is 44.9 Å². The van der Waals surface area contributed by atoms with Gasteiger partial charge in [0.2, 0.25) is 0 Å². The van der Waals surface area contributed by atoms with E-state index in [1.807, 2.05) is 23.1 Å². The van der Waals surface area contributed by atoms with Gasteiger partial charge < -0.3 is 4.90 Å². The second kappa shape index (κ2) is 6.04. The molecular formula is C19H23N3O2. The summed E-state index contributed by atoms with van der Waals surface area (Å²) in [6, 6.07) is 7.20. The van der Waals surface area contributed by atoms with E-state index in [4.69, 9.17) is 0 Å². The molecule has 2 aromatic rings. The van der Waals surface area contributed by atoms with Gasteiger partial charge in [0.15, 0.2) is 5.69 Å². The molecule has 1 spiro atoms. The molecule has 1 N–H and O–H groups in total. The van der Waals surface area contributed by atoms with E-state index in [1.54, 1.807) is 6.07 Å². The van der Waals surface area contributed by atoms with Crippen LogP contribution in [0.25, 0.3) is 10.8 Å². The van der Waals surface area contributed by atoms with Crippen molar-refractivity contribution in [1.82, 2.24) is 15.1 Å². The number of fused-ring (bicyclic) bond motifs is 1. The van der Waals surface area contributed by atoms with Gasteiger partial charge in [-0.1, -0.05) is 43.9 Å². The summed E-state index contributed by atoms with van der Waals surface area (Å²) in [7, 11) is 0. The van der Waals surface area contributed by atoms with E-state index < -0.39 is 0 Å². The summed E-state index contributed by atoms with van der Waals surface area (Å²) >= 11 is 0. The highest BCUT2D eigenvalue weighted by molar-refractivity contribution is 6.04. The summed E-state index contributed by atoms with van der Waals surface area (Å²) in [4.78, 5) is 26.9. The number of aromatic nitrogens is 2. The van der Waals surface area contributed by atoms with E-state index in [0.717, 1.165) is 19.5 Å². The third-order valence-corrected chi connectivity index (χ3v) is 5.79. The zero-order valence-electron chi connectivity index (χ0n) is 13.9. The van der Waals surface area contributed by atoms with Gasteiger partial charge in [-0.15, -0.1) is 0 Å². The van der Waals surface area contributed by atoms with E-state index >= 15 is 0 Å². The average molecular weight is 325 g/mol. The molecule has 0 unspecified atom stereocenters. The molecule has 0 radical (unpaired) electrons. The minimum atomic E-state index is -0.246. The molecule has 1 aromatic heterocycles. The van der Waals surface area contributed by atoms with Crippen molar-refractivity contribution in [2.75, 3.05) is 13.1 Å². The summed E-state index contributed by atoms with van der Waals surface area (Å²) < 4.78 is 0. The van der Waals surface area contributed by atoms with Crippen LogP contribution >= 0.6 is 0 Å². The predicted molar refractivity (Wildman–Crippen MR) is 93.0 cm³/mol. The van der Waals surface area contributed by atoms with Crippen LogP contribution in [0.5, 0.6) is 0 Å². The van der Waals surface area contributed by atoms with Crippen LogP contribution in [0.3, 0.4) is 0 Å². The minimum absolute atomic E-state index is 0.0522. The molecule has 2 aliphatic rings. The molecule has 1 aliphatic carbocycles. The largest absolute Gasteiger partial charge is 0.337 e. The van der Waals surface area contributed by atoms with Crippen LogP contribution in [-0.2, 0) is 0 Å². The van der Waals surface area contributed by atoms with Crippen LogP contribution in [0, 0.1) is 5.41 Å². The number of carbonyl (C=O) groups excluding carboxylic acids is 1. The highest BCUT2D eigenvalue weighted by Crippen LogP contribution is 2.43. The number of nitrogens with zero attached hydrogens (tertiary/aromatic N) is 2. The number of hydrogen-bond donors (Lipinski definition) is 1. The van der Waals surface area contributed by atoms with Gasteiger partial charge in [0.25, 0.3) is 11.5 Å². The molecule has 24 heavy (non-hydrogen) atoms. The summed E-state index contributed by atoms with van der Waals surface area (Å²) in [6.45, 7) is 1.63. The van der Waals surface area contributed by atoms with Crippen LogP contribution in [0.4, 0.5) is 0 Å². The molecule has 5 nitrogen and oxygen atoms in total. The Bertz CT molecular complexity index is 819. The molecule has 126 valence electrons. The molecule has 1 saturated carbocycles. The molecule has 1 saturated heterocycles. The van der Waals surface area contributed by atoms with E-state index in [9.17, 15) is 9.59 Å². The molecule has 1 aliphatic heterocycles. The third-order valence-electron chi connectivity index (χ3n) is 5.79.